The van der Waals surface area contributed by atoms with Crippen LogP contribution in [0.2, 0.25) is 0 Å². The molecule has 1 heteroatoms. The molecule has 0 radical (unpaired) electrons. The molecule has 0 atom stereocenters. The van der Waals surface area contributed by atoms with Gasteiger partial charge in [-0.05, 0) is 74.8 Å². The van der Waals surface area contributed by atoms with Crippen LogP contribution in [0.3, 0.4) is 0 Å². The van der Waals surface area contributed by atoms with E-state index in [-0.39, 0.29) is 0 Å². The SMILES string of the molecule is COc1ccc(-c2ccc(-c3cc(-c4ccccc4)cc(-c4ccccc4)c3)cc2)cc1. The van der Waals surface area contributed by atoms with Crippen LogP contribution in [0.5, 0.6) is 5.75 Å². The average Bonchev–Trinajstić information content (AvgIpc) is 2.89. The predicted molar refractivity (Wildman–Crippen MR) is 135 cm³/mol. The lowest BCUT2D eigenvalue weighted by molar-refractivity contribution is 0.415. The molecule has 0 amide bonds. The van der Waals surface area contributed by atoms with E-state index in [1.165, 1.54) is 44.5 Å². The lowest BCUT2D eigenvalue weighted by Gasteiger charge is -2.12. The fourth-order valence-electron chi connectivity index (χ4n) is 4.03. The van der Waals surface area contributed by atoms with Crippen LogP contribution in [0.25, 0.3) is 44.5 Å². The molecule has 0 bridgehead atoms. The van der Waals surface area contributed by atoms with E-state index in [1.54, 1.807) is 7.11 Å². The van der Waals surface area contributed by atoms with E-state index in [9.17, 15) is 0 Å². The van der Waals surface area contributed by atoms with Gasteiger partial charge in [-0.2, -0.15) is 0 Å². The minimum Gasteiger partial charge on any atom is -0.497 e. The Hall–Kier alpha value is -4.10. The van der Waals surface area contributed by atoms with Crippen LogP contribution in [0.15, 0.2) is 127 Å². The van der Waals surface area contributed by atoms with E-state index in [0.29, 0.717) is 0 Å². The predicted octanol–water partition coefficient (Wildman–Crippen LogP) is 8.36. The Morgan fingerprint density at radius 2 is 0.656 bits per heavy atom. The van der Waals surface area contributed by atoms with E-state index in [1.807, 2.05) is 12.1 Å². The number of hydrogen-bond donors (Lipinski definition) is 0. The zero-order valence-electron chi connectivity index (χ0n) is 18.0. The summed E-state index contributed by atoms with van der Waals surface area (Å²) in [5.74, 6) is 0.872. The Kier molecular flexibility index (Phi) is 5.55. The highest BCUT2D eigenvalue weighted by molar-refractivity contribution is 5.82. The highest BCUT2D eigenvalue weighted by Gasteiger charge is 2.08. The van der Waals surface area contributed by atoms with Crippen molar-refractivity contribution in [3.05, 3.63) is 127 Å². The summed E-state index contributed by atoms with van der Waals surface area (Å²) in [6, 6.07) is 45.0. The smallest absolute Gasteiger partial charge is 0.118 e. The second kappa shape index (κ2) is 8.95. The van der Waals surface area contributed by atoms with Crippen molar-refractivity contribution in [1.29, 1.82) is 0 Å². The summed E-state index contributed by atoms with van der Waals surface area (Å²) in [6.07, 6.45) is 0. The van der Waals surface area contributed by atoms with Gasteiger partial charge in [-0.15, -0.1) is 0 Å². The number of ether oxygens (including phenoxy) is 1. The van der Waals surface area contributed by atoms with Crippen molar-refractivity contribution in [2.24, 2.45) is 0 Å². The molecule has 154 valence electrons. The normalized spacial score (nSPS) is 10.7. The molecule has 0 spiro atoms. The summed E-state index contributed by atoms with van der Waals surface area (Å²) < 4.78 is 5.28. The quantitative estimate of drug-likeness (QED) is 0.282. The van der Waals surface area contributed by atoms with Gasteiger partial charge in [0.15, 0.2) is 0 Å². The molecule has 0 aromatic heterocycles. The van der Waals surface area contributed by atoms with Gasteiger partial charge in [0.25, 0.3) is 0 Å². The first kappa shape index (κ1) is 19.8. The van der Waals surface area contributed by atoms with Crippen LogP contribution >= 0.6 is 0 Å². The van der Waals surface area contributed by atoms with E-state index in [4.69, 9.17) is 4.74 Å². The maximum Gasteiger partial charge on any atom is 0.118 e. The highest BCUT2D eigenvalue weighted by atomic mass is 16.5. The van der Waals surface area contributed by atoms with Gasteiger partial charge in [0, 0.05) is 0 Å². The third-order valence-electron chi connectivity index (χ3n) is 5.79. The van der Waals surface area contributed by atoms with Crippen LogP contribution in [0.1, 0.15) is 0 Å². The molecule has 0 N–H and O–H groups in total. The van der Waals surface area contributed by atoms with Crippen molar-refractivity contribution >= 4 is 0 Å². The van der Waals surface area contributed by atoms with E-state index >= 15 is 0 Å². The number of benzene rings is 5. The summed E-state index contributed by atoms with van der Waals surface area (Å²) in [7, 11) is 1.69. The monoisotopic (exact) mass is 412 g/mol. The minimum atomic E-state index is 0.872. The maximum atomic E-state index is 5.28. The first-order valence-corrected chi connectivity index (χ1v) is 10.8. The third-order valence-corrected chi connectivity index (χ3v) is 5.79. The Morgan fingerprint density at radius 1 is 0.344 bits per heavy atom. The van der Waals surface area contributed by atoms with E-state index in [2.05, 4.69) is 115 Å². The fraction of sp³-hybridized carbons (Fsp3) is 0.0323. The van der Waals surface area contributed by atoms with Crippen molar-refractivity contribution in [1.82, 2.24) is 0 Å². The number of methoxy groups -OCH3 is 1. The first-order chi connectivity index (χ1) is 15.8. The van der Waals surface area contributed by atoms with Gasteiger partial charge < -0.3 is 4.74 Å². The van der Waals surface area contributed by atoms with Crippen molar-refractivity contribution in [3.63, 3.8) is 0 Å². The summed E-state index contributed by atoms with van der Waals surface area (Å²) in [5, 5.41) is 0. The Labute approximate surface area is 189 Å². The molecule has 0 heterocycles. The van der Waals surface area contributed by atoms with Gasteiger partial charge in [0.2, 0.25) is 0 Å². The van der Waals surface area contributed by atoms with Crippen molar-refractivity contribution in [2.75, 3.05) is 7.11 Å². The van der Waals surface area contributed by atoms with E-state index in [0.717, 1.165) is 5.75 Å². The van der Waals surface area contributed by atoms with Gasteiger partial charge in [0.1, 0.15) is 5.75 Å². The second-order valence-electron chi connectivity index (χ2n) is 7.84. The fourth-order valence-corrected chi connectivity index (χ4v) is 4.03. The van der Waals surface area contributed by atoms with Crippen LogP contribution in [-0.4, -0.2) is 7.11 Å². The summed E-state index contributed by atoms with van der Waals surface area (Å²) in [4.78, 5) is 0. The molecule has 0 aliphatic carbocycles. The van der Waals surface area contributed by atoms with Gasteiger partial charge >= 0.3 is 0 Å². The molecule has 1 nitrogen and oxygen atoms in total. The Bertz CT molecular complexity index is 1250. The zero-order chi connectivity index (χ0) is 21.8. The lowest BCUT2D eigenvalue weighted by Crippen LogP contribution is -1.87. The average molecular weight is 413 g/mol. The molecule has 0 aliphatic rings. The second-order valence-corrected chi connectivity index (χ2v) is 7.84. The van der Waals surface area contributed by atoms with Crippen LogP contribution < -0.4 is 4.74 Å². The van der Waals surface area contributed by atoms with Gasteiger partial charge in [-0.25, -0.2) is 0 Å². The summed E-state index contributed by atoms with van der Waals surface area (Å²) >= 11 is 0. The molecule has 32 heavy (non-hydrogen) atoms. The number of rotatable bonds is 5. The zero-order valence-corrected chi connectivity index (χ0v) is 18.0. The third kappa shape index (κ3) is 4.19. The van der Waals surface area contributed by atoms with Gasteiger partial charge in [-0.1, -0.05) is 97.1 Å². The molecule has 5 aromatic rings. The molecular formula is C31H24O. The van der Waals surface area contributed by atoms with E-state index < -0.39 is 0 Å². The Morgan fingerprint density at radius 3 is 1.03 bits per heavy atom. The van der Waals surface area contributed by atoms with Crippen molar-refractivity contribution in [3.8, 4) is 50.3 Å². The summed E-state index contributed by atoms with van der Waals surface area (Å²) in [6.45, 7) is 0. The molecule has 5 aromatic carbocycles. The number of hydrogen-bond acceptors (Lipinski definition) is 1. The van der Waals surface area contributed by atoms with Crippen molar-refractivity contribution in [2.45, 2.75) is 0 Å². The highest BCUT2D eigenvalue weighted by Crippen LogP contribution is 2.34. The molecule has 0 saturated carbocycles. The maximum absolute atomic E-state index is 5.28. The van der Waals surface area contributed by atoms with Crippen LogP contribution in [-0.2, 0) is 0 Å². The van der Waals surface area contributed by atoms with Crippen LogP contribution in [0.4, 0.5) is 0 Å². The molecule has 0 unspecified atom stereocenters. The molecule has 5 rings (SSSR count). The van der Waals surface area contributed by atoms with Gasteiger partial charge in [0.05, 0.1) is 7.11 Å². The topological polar surface area (TPSA) is 9.23 Å². The molecule has 0 aliphatic heterocycles. The van der Waals surface area contributed by atoms with Crippen molar-refractivity contribution < 1.29 is 4.74 Å². The first-order valence-electron chi connectivity index (χ1n) is 10.8. The molecule has 0 saturated heterocycles. The largest absolute Gasteiger partial charge is 0.497 e. The standard InChI is InChI=1S/C31H24O/c1-32-31-18-16-26(17-19-31)25-12-14-27(15-13-25)30-21-28(23-8-4-2-5-9-23)20-29(22-30)24-10-6-3-7-11-24/h2-22H,1H3. The summed E-state index contributed by atoms with van der Waals surface area (Å²) in [5.41, 5.74) is 9.69. The Balaban J connectivity index is 1.56. The molecular weight excluding hydrogens is 388 g/mol. The lowest BCUT2D eigenvalue weighted by atomic mass is 9.92. The minimum absolute atomic E-state index is 0.872. The van der Waals surface area contributed by atoms with Crippen LogP contribution in [0, 0.1) is 0 Å². The molecule has 0 fully saturated rings. The van der Waals surface area contributed by atoms with Gasteiger partial charge in [-0.3, -0.25) is 0 Å².